The highest BCUT2D eigenvalue weighted by Crippen LogP contribution is 2.51. The SMILES string of the molecule is CC(C)(C)c1ccc2c(c1)B1c3ccc(C(C)(C)C)cc3N(c3ccc(-c4cccc5sc6ccccc6c45)cc3)c3cc(C(C)(C)C)cc(c31)N2c1ccc2c(c1)C(C)(C)CCC2(C)C. The van der Waals surface area contributed by atoms with Gasteiger partial charge in [-0.2, -0.15) is 0 Å². The summed E-state index contributed by atoms with van der Waals surface area (Å²) in [5.41, 5.74) is 21.3. The molecule has 0 N–H and O–H groups in total. The summed E-state index contributed by atoms with van der Waals surface area (Å²) in [6.45, 7) is 31.1. The van der Waals surface area contributed by atoms with Crippen molar-refractivity contribution in [3.63, 3.8) is 0 Å². The average molecular weight is 881 g/mol. The molecule has 11 rings (SSSR count). The maximum absolute atomic E-state index is 2.64. The average Bonchev–Trinajstić information content (AvgIpc) is 3.65. The molecule has 0 bridgehead atoms. The first kappa shape index (κ1) is 43.0. The Morgan fingerprint density at radius 2 is 1.05 bits per heavy atom. The van der Waals surface area contributed by atoms with E-state index in [1.807, 2.05) is 11.3 Å². The zero-order valence-electron chi connectivity index (χ0n) is 41.5. The summed E-state index contributed by atoms with van der Waals surface area (Å²) < 4.78 is 2.67. The Hall–Kier alpha value is -5.58. The van der Waals surface area contributed by atoms with E-state index in [1.165, 1.54) is 122 Å². The summed E-state index contributed by atoms with van der Waals surface area (Å²) in [6.07, 6.45) is 2.38. The van der Waals surface area contributed by atoms with Gasteiger partial charge in [-0.05, 0) is 156 Å². The zero-order chi connectivity index (χ0) is 46.5. The highest BCUT2D eigenvalue weighted by atomic mass is 32.1. The third-order valence-corrected chi connectivity index (χ3v) is 16.7. The number of nitrogens with zero attached hydrogens (tertiary/aromatic N) is 2. The molecule has 7 aromatic carbocycles. The Balaban J connectivity index is 1.19. The minimum atomic E-state index is -0.101. The van der Waals surface area contributed by atoms with E-state index in [2.05, 4.69) is 233 Å². The second kappa shape index (κ2) is 14.5. The normalized spacial score (nSPS) is 16.3. The molecule has 0 fully saturated rings. The lowest BCUT2D eigenvalue weighted by Gasteiger charge is -2.46. The number of thiophene rings is 1. The van der Waals surface area contributed by atoms with Crippen molar-refractivity contribution in [3.05, 3.63) is 161 Å². The first-order valence-corrected chi connectivity index (χ1v) is 25.2. The molecular weight excluding hydrogens is 816 g/mol. The molecule has 0 amide bonds. The van der Waals surface area contributed by atoms with E-state index in [0.29, 0.717) is 0 Å². The molecule has 0 radical (unpaired) electrons. The highest BCUT2D eigenvalue weighted by Gasteiger charge is 2.46. The summed E-state index contributed by atoms with van der Waals surface area (Å²) in [6, 6.07) is 52.5. The van der Waals surface area contributed by atoms with E-state index in [0.717, 1.165) is 0 Å². The van der Waals surface area contributed by atoms with Crippen molar-refractivity contribution >= 4 is 88.7 Å². The molecule has 3 aliphatic rings. The van der Waals surface area contributed by atoms with Crippen LogP contribution in [0.5, 0.6) is 0 Å². The molecule has 0 spiro atoms. The van der Waals surface area contributed by atoms with E-state index in [4.69, 9.17) is 0 Å². The topological polar surface area (TPSA) is 6.48 Å². The summed E-state index contributed by atoms with van der Waals surface area (Å²) in [5.74, 6) is 0. The fourth-order valence-electron chi connectivity index (χ4n) is 11.4. The highest BCUT2D eigenvalue weighted by molar-refractivity contribution is 7.26. The van der Waals surface area contributed by atoms with Crippen molar-refractivity contribution in [2.24, 2.45) is 0 Å². The van der Waals surface area contributed by atoms with E-state index in [9.17, 15) is 0 Å². The second-order valence-corrected chi connectivity index (χ2v) is 25.2. The van der Waals surface area contributed by atoms with E-state index < -0.39 is 0 Å². The van der Waals surface area contributed by atoms with Crippen LogP contribution in [0.25, 0.3) is 31.3 Å². The van der Waals surface area contributed by atoms with Gasteiger partial charge in [-0.3, -0.25) is 0 Å². The molecule has 1 aromatic heterocycles. The maximum atomic E-state index is 2.64. The summed E-state index contributed by atoms with van der Waals surface area (Å²) in [7, 11) is 0. The van der Waals surface area contributed by atoms with Crippen molar-refractivity contribution in [1.29, 1.82) is 0 Å². The standard InChI is InChI=1S/C62H65BN2S/c1-58(2,3)39-24-30-50-49(33-39)63-48-29-23-40(59(4,5)6)34-51(48)64(42-25-21-38(22-26-42)44-18-16-20-55-56(44)45-17-14-15-19-54(45)66-55)52-35-41(60(7,8)9)36-53(57(52)63)65(50)43-27-28-46-47(37-43)62(12,13)32-31-61(46,10)11/h14-30,33-37H,31-32H2,1-13H3. The van der Waals surface area contributed by atoms with Gasteiger partial charge in [0, 0.05) is 54.3 Å². The third kappa shape index (κ3) is 6.71. The zero-order valence-corrected chi connectivity index (χ0v) is 42.3. The Bertz CT molecular complexity index is 3270. The van der Waals surface area contributed by atoms with Crippen molar-refractivity contribution in [3.8, 4) is 11.1 Å². The lowest BCUT2D eigenvalue weighted by atomic mass is 9.33. The van der Waals surface area contributed by atoms with Crippen LogP contribution >= 0.6 is 11.3 Å². The Morgan fingerprint density at radius 3 is 1.73 bits per heavy atom. The smallest absolute Gasteiger partial charge is 0.252 e. The quantitative estimate of drug-likeness (QED) is 0.163. The molecule has 4 heteroatoms. The van der Waals surface area contributed by atoms with Crippen molar-refractivity contribution in [2.45, 2.75) is 130 Å². The van der Waals surface area contributed by atoms with E-state index in [1.54, 1.807) is 0 Å². The third-order valence-electron chi connectivity index (χ3n) is 15.6. The molecule has 0 saturated carbocycles. The fourth-order valence-corrected chi connectivity index (χ4v) is 12.6. The van der Waals surface area contributed by atoms with Crippen LogP contribution in [0, 0.1) is 0 Å². The Labute approximate surface area is 398 Å². The monoisotopic (exact) mass is 880 g/mol. The molecule has 2 nitrogen and oxygen atoms in total. The first-order chi connectivity index (χ1) is 31.1. The summed E-state index contributed by atoms with van der Waals surface area (Å²) >= 11 is 1.89. The second-order valence-electron chi connectivity index (χ2n) is 24.2. The van der Waals surface area contributed by atoms with Gasteiger partial charge >= 0.3 is 0 Å². The molecule has 3 heterocycles. The van der Waals surface area contributed by atoms with Crippen molar-refractivity contribution in [1.82, 2.24) is 0 Å². The number of hydrogen-bond donors (Lipinski definition) is 0. The number of fused-ring (bicyclic) bond motifs is 8. The fraction of sp³-hybridized carbons (Fsp3) is 0.323. The Morgan fingerprint density at radius 1 is 0.470 bits per heavy atom. The van der Waals surface area contributed by atoms with Crippen LogP contribution in [0.1, 0.15) is 131 Å². The molecule has 0 saturated heterocycles. The summed E-state index contributed by atoms with van der Waals surface area (Å²) in [5, 5.41) is 2.68. The van der Waals surface area contributed by atoms with Crippen LogP contribution in [0.15, 0.2) is 133 Å². The van der Waals surface area contributed by atoms with Crippen molar-refractivity contribution < 1.29 is 0 Å². The van der Waals surface area contributed by atoms with Gasteiger partial charge in [0.15, 0.2) is 0 Å². The molecule has 0 atom stereocenters. The molecule has 332 valence electrons. The van der Waals surface area contributed by atoms with Crippen LogP contribution in [0.4, 0.5) is 34.1 Å². The van der Waals surface area contributed by atoms with Crippen LogP contribution in [0.2, 0.25) is 0 Å². The molecular formula is C62H65BN2S. The van der Waals surface area contributed by atoms with Crippen LogP contribution in [0.3, 0.4) is 0 Å². The largest absolute Gasteiger partial charge is 0.311 e. The molecule has 2 aliphatic heterocycles. The first-order valence-electron chi connectivity index (χ1n) is 24.3. The van der Waals surface area contributed by atoms with Gasteiger partial charge in [-0.15, -0.1) is 11.3 Å². The number of anilines is 6. The number of rotatable bonds is 3. The minimum Gasteiger partial charge on any atom is -0.311 e. The molecule has 8 aromatic rings. The van der Waals surface area contributed by atoms with Crippen LogP contribution < -0.4 is 26.2 Å². The van der Waals surface area contributed by atoms with Gasteiger partial charge in [0.2, 0.25) is 0 Å². The van der Waals surface area contributed by atoms with Crippen LogP contribution in [-0.2, 0) is 27.1 Å². The lowest BCUT2D eigenvalue weighted by molar-refractivity contribution is 0.332. The van der Waals surface area contributed by atoms with E-state index in [-0.39, 0.29) is 33.8 Å². The number of benzene rings is 7. The molecule has 0 unspecified atom stereocenters. The van der Waals surface area contributed by atoms with Gasteiger partial charge in [-0.25, -0.2) is 0 Å². The van der Waals surface area contributed by atoms with Crippen LogP contribution in [-0.4, -0.2) is 6.71 Å². The van der Waals surface area contributed by atoms with Gasteiger partial charge in [0.1, 0.15) is 0 Å². The number of hydrogen-bond acceptors (Lipinski definition) is 3. The van der Waals surface area contributed by atoms with Gasteiger partial charge in [0.25, 0.3) is 6.71 Å². The lowest BCUT2D eigenvalue weighted by Crippen LogP contribution is -2.61. The Kier molecular flexibility index (Phi) is 9.43. The predicted molar refractivity (Wildman–Crippen MR) is 290 cm³/mol. The van der Waals surface area contributed by atoms with E-state index >= 15 is 0 Å². The van der Waals surface area contributed by atoms with Gasteiger partial charge < -0.3 is 9.80 Å². The van der Waals surface area contributed by atoms with Gasteiger partial charge in [-0.1, -0.05) is 163 Å². The molecule has 66 heavy (non-hydrogen) atoms. The summed E-state index contributed by atoms with van der Waals surface area (Å²) in [4.78, 5) is 5.26. The van der Waals surface area contributed by atoms with Gasteiger partial charge in [0.05, 0.1) is 0 Å². The molecule has 1 aliphatic carbocycles. The van der Waals surface area contributed by atoms with Crippen molar-refractivity contribution in [2.75, 3.05) is 9.80 Å². The maximum Gasteiger partial charge on any atom is 0.252 e. The predicted octanol–water partition coefficient (Wildman–Crippen LogP) is 16.0. The minimum absolute atomic E-state index is 0.0124.